The third kappa shape index (κ3) is 2.62. The molecule has 0 atom stereocenters. The van der Waals surface area contributed by atoms with Crippen molar-refractivity contribution in [2.75, 3.05) is 0 Å². The SMILES string of the molecule is CC(C)CCn1cc(O)cn1. The van der Waals surface area contributed by atoms with Gasteiger partial charge in [-0.3, -0.25) is 4.68 Å². The molecule has 1 rings (SSSR count). The van der Waals surface area contributed by atoms with Crippen LogP contribution in [0.15, 0.2) is 12.4 Å². The van der Waals surface area contributed by atoms with Crippen molar-refractivity contribution in [1.29, 1.82) is 0 Å². The monoisotopic (exact) mass is 154 g/mol. The van der Waals surface area contributed by atoms with Crippen molar-refractivity contribution in [1.82, 2.24) is 9.78 Å². The molecule has 11 heavy (non-hydrogen) atoms. The van der Waals surface area contributed by atoms with E-state index in [4.69, 9.17) is 5.11 Å². The van der Waals surface area contributed by atoms with Crippen molar-refractivity contribution < 1.29 is 5.11 Å². The average Bonchev–Trinajstić information content (AvgIpc) is 2.31. The summed E-state index contributed by atoms with van der Waals surface area (Å²) in [5.74, 6) is 0.926. The molecule has 0 aliphatic carbocycles. The van der Waals surface area contributed by atoms with Crippen molar-refractivity contribution >= 4 is 0 Å². The molecule has 62 valence electrons. The first kappa shape index (κ1) is 8.11. The second kappa shape index (κ2) is 3.42. The highest BCUT2D eigenvalue weighted by Gasteiger charge is 1.97. The maximum atomic E-state index is 8.93. The Labute approximate surface area is 66.7 Å². The van der Waals surface area contributed by atoms with Crippen molar-refractivity contribution in [2.24, 2.45) is 5.92 Å². The number of hydrogen-bond acceptors (Lipinski definition) is 2. The summed E-state index contributed by atoms with van der Waals surface area (Å²) in [7, 11) is 0. The standard InChI is InChI=1S/C8H14N2O/c1-7(2)3-4-10-6-8(11)5-9-10/h5-7,11H,3-4H2,1-2H3. The molecule has 1 aromatic heterocycles. The van der Waals surface area contributed by atoms with Crippen LogP contribution in [0.4, 0.5) is 0 Å². The van der Waals surface area contributed by atoms with Gasteiger partial charge in [-0.2, -0.15) is 5.10 Å². The van der Waals surface area contributed by atoms with Gasteiger partial charge in [-0.1, -0.05) is 13.8 Å². The van der Waals surface area contributed by atoms with Crippen LogP contribution in [0.3, 0.4) is 0 Å². The summed E-state index contributed by atoms with van der Waals surface area (Å²) in [5.41, 5.74) is 0. The molecule has 0 saturated carbocycles. The molecule has 0 unspecified atom stereocenters. The molecule has 0 saturated heterocycles. The maximum absolute atomic E-state index is 8.93. The highest BCUT2D eigenvalue weighted by atomic mass is 16.3. The Hall–Kier alpha value is -0.990. The van der Waals surface area contributed by atoms with Crippen LogP contribution in [0.5, 0.6) is 5.75 Å². The first-order valence-electron chi connectivity index (χ1n) is 3.90. The number of aryl methyl sites for hydroxylation is 1. The van der Waals surface area contributed by atoms with Gasteiger partial charge in [0.25, 0.3) is 0 Å². The molecule has 0 radical (unpaired) electrons. The molecule has 0 aromatic carbocycles. The van der Waals surface area contributed by atoms with E-state index in [1.54, 1.807) is 10.9 Å². The summed E-state index contributed by atoms with van der Waals surface area (Å²) in [4.78, 5) is 0. The lowest BCUT2D eigenvalue weighted by atomic mass is 10.1. The molecule has 0 fully saturated rings. The molecule has 0 aliphatic rings. The summed E-state index contributed by atoms with van der Waals surface area (Å²) >= 11 is 0. The number of aromatic nitrogens is 2. The van der Waals surface area contributed by atoms with Gasteiger partial charge < -0.3 is 5.11 Å². The van der Waals surface area contributed by atoms with Gasteiger partial charge in [-0.05, 0) is 12.3 Å². The van der Waals surface area contributed by atoms with Gasteiger partial charge in [0.05, 0.1) is 12.4 Å². The first-order chi connectivity index (χ1) is 5.18. The van der Waals surface area contributed by atoms with Gasteiger partial charge in [0, 0.05) is 6.54 Å². The summed E-state index contributed by atoms with van der Waals surface area (Å²) in [6, 6.07) is 0. The Morgan fingerprint density at radius 1 is 1.64 bits per heavy atom. The third-order valence-corrected chi connectivity index (χ3v) is 1.56. The van der Waals surface area contributed by atoms with Crippen LogP contribution in [0, 0.1) is 5.92 Å². The van der Waals surface area contributed by atoms with E-state index in [0.717, 1.165) is 13.0 Å². The number of aromatic hydroxyl groups is 1. The van der Waals surface area contributed by atoms with E-state index in [-0.39, 0.29) is 5.75 Å². The van der Waals surface area contributed by atoms with Crippen LogP contribution in [0.25, 0.3) is 0 Å². The van der Waals surface area contributed by atoms with Gasteiger partial charge in [-0.25, -0.2) is 0 Å². The van der Waals surface area contributed by atoms with E-state index < -0.39 is 0 Å². The van der Waals surface area contributed by atoms with E-state index in [1.165, 1.54) is 6.20 Å². The fourth-order valence-electron chi connectivity index (χ4n) is 0.865. The van der Waals surface area contributed by atoms with Crippen LogP contribution in [-0.4, -0.2) is 14.9 Å². The predicted octanol–water partition coefficient (Wildman–Crippen LogP) is 1.63. The zero-order valence-electron chi connectivity index (χ0n) is 6.99. The Balaban J connectivity index is 2.39. The molecular weight excluding hydrogens is 140 g/mol. The van der Waals surface area contributed by atoms with E-state index in [0.29, 0.717) is 5.92 Å². The Kier molecular flexibility index (Phi) is 2.52. The minimum absolute atomic E-state index is 0.244. The Bertz CT molecular complexity index is 218. The molecule has 0 aliphatic heterocycles. The molecule has 0 amide bonds. The predicted molar refractivity (Wildman–Crippen MR) is 43.3 cm³/mol. The average molecular weight is 154 g/mol. The molecule has 3 nitrogen and oxygen atoms in total. The number of nitrogens with zero attached hydrogens (tertiary/aromatic N) is 2. The summed E-state index contributed by atoms with van der Waals surface area (Å²) in [6.07, 6.45) is 4.20. The van der Waals surface area contributed by atoms with Gasteiger partial charge in [0.15, 0.2) is 5.75 Å². The van der Waals surface area contributed by atoms with Gasteiger partial charge >= 0.3 is 0 Å². The molecule has 0 spiro atoms. The highest BCUT2D eigenvalue weighted by molar-refractivity contribution is 5.08. The fraction of sp³-hybridized carbons (Fsp3) is 0.625. The number of hydrogen-bond donors (Lipinski definition) is 1. The molecule has 1 heterocycles. The minimum Gasteiger partial charge on any atom is -0.505 e. The molecular formula is C8H14N2O. The topological polar surface area (TPSA) is 38.0 Å². The summed E-state index contributed by atoms with van der Waals surface area (Å²) in [6.45, 7) is 5.23. The lowest BCUT2D eigenvalue weighted by molar-refractivity contribution is 0.465. The van der Waals surface area contributed by atoms with Crippen LogP contribution in [-0.2, 0) is 6.54 Å². The van der Waals surface area contributed by atoms with E-state index in [1.807, 2.05) is 0 Å². The van der Waals surface area contributed by atoms with E-state index in [2.05, 4.69) is 18.9 Å². The zero-order valence-corrected chi connectivity index (χ0v) is 6.99. The lowest BCUT2D eigenvalue weighted by Crippen LogP contribution is -2.01. The molecule has 0 bridgehead atoms. The van der Waals surface area contributed by atoms with Gasteiger partial charge in [0.1, 0.15) is 0 Å². The van der Waals surface area contributed by atoms with Crippen molar-refractivity contribution in [3.05, 3.63) is 12.4 Å². The van der Waals surface area contributed by atoms with Crippen LogP contribution < -0.4 is 0 Å². The Morgan fingerprint density at radius 2 is 2.36 bits per heavy atom. The smallest absolute Gasteiger partial charge is 0.153 e. The fourth-order valence-corrected chi connectivity index (χ4v) is 0.865. The van der Waals surface area contributed by atoms with Crippen LogP contribution >= 0.6 is 0 Å². The van der Waals surface area contributed by atoms with E-state index >= 15 is 0 Å². The van der Waals surface area contributed by atoms with Crippen LogP contribution in [0.1, 0.15) is 20.3 Å². The minimum atomic E-state index is 0.244. The number of rotatable bonds is 3. The van der Waals surface area contributed by atoms with Gasteiger partial charge in [-0.15, -0.1) is 0 Å². The van der Waals surface area contributed by atoms with E-state index in [9.17, 15) is 0 Å². The molecule has 1 N–H and O–H groups in total. The highest BCUT2D eigenvalue weighted by Crippen LogP contribution is 2.07. The van der Waals surface area contributed by atoms with Crippen molar-refractivity contribution in [2.45, 2.75) is 26.8 Å². The van der Waals surface area contributed by atoms with Gasteiger partial charge in [0.2, 0.25) is 0 Å². The maximum Gasteiger partial charge on any atom is 0.153 e. The summed E-state index contributed by atoms with van der Waals surface area (Å²) in [5, 5.41) is 12.9. The van der Waals surface area contributed by atoms with Crippen molar-refractivity contribution in [3.8, 4) is 5.75 Å². The Morgan fingerprint density at radius 3 is 2.82 bits per heavy atom. The quantitative estimate of drug-likeness (QED) is 0.718. The van der Waals surface area contributed by atoms with Crippen LogP contribution in [0.2, 0.25) is 0 Å². The molecule has 3 heteroatoms. The first-order valence-corrected chi connectivity index (χ1v) is 3.90. The van der Waals surface area contributed by atoms with Crippen molar-refractivity contribution in [3.63, 3.8) is 0 Å². The largest absolute Gasteiger partial charge is 0.505 e. The zero-order chi connectivity index (χ0) is 8.27. The second-order valence-electron chi connectivity index (χ2n) is 3.14. The lowest BCUT2D eigenvalue weighted by Gasteiger charge is -2.03. The summed E-state index contributed by atoms with van der Waals surface area (Å²) < 4.78 is 1.76. The third-order valence-electron chi connectivity index (χ3n) is 1.56. The normalized spacial score (nSPS) is 10.8. The second-order valence-corrected chi connectivity index (χ2v) is 3.14. The molecule has 1 aromatic rings.